The van der Waals surface area contributed by atoms with E-state index in [4.69, 9.17) is 0 Å². The third kappa shape index (κ3) is 3.95. The number of carboxylic acid groups (broad SMARTS) is 1. The topological polar surface area (TPSA) is 37.3 Å². The summed E-state index contributed by atoms with van der Waals surface area (Å²) in [6.45, 7) is 0. The minimum Gasteiger partial charge on any atom is -0.478 e. The van der Waals surface area contributed by atoms with E-state index in [0.29, 0.717) is 5.56 Å². The number of fused-ring (bicyclic) bond motifs is 1. The van der Waals surface area contributed by atoms with Crippen LogP contribution in [0.15, 0.2) is 70.3 Å². The fourth-order valence-corrected chi connectivity index (χ4v) is 4.74. The summed E-state index contributed by atoms with van der Waals surface area (Å²) in [5, 5.41) is 13.2. The maximum Gasteiger partial charge on any atom is 0.416 e. The van der Waals surface area contributed by atoms with Crippen molar-refractivity contribution in [3.8, 4) is 22.3 Å². The van der Waals surface area contributed by atoms with Gasteiger partial charge in [-0.15, -0.1) is 23.1 Å². The van der Waals surface area contributed by atoms with Gasteiger partial charge in [0.2, 0.25) is 0 Å². The van der Waals surface area contributed by atoms with Crippen LogP contribution in [0, 0.1) is 0 Å². The molecule has 152 valence electrons. The number of aromatic carboxylic acids is 1. The van der Waals surface area contributed by atoms with Crippen LogP contribution in [-0.2, 0) is 6.18 Å². The van der Waals surface area contributed by atoms with Crippen LogP contribution in [0.3, 0.4) is 0 Å². The molecule has 4 rings (SSSR count). The van der Waals surface area contributed by atoms with E-state index in [2.05, 4.69) is 0 Å². The highest BCUT2D eigenvalue weighted by molar-refractivity contribution is 8.00. The van der Waals surface area contributed by atoms with Gasteiger partial charge in [-0.25, -0.2) is 4.79 Å². The number of thiophene rings is 1. The second kappa shape index (κ2) is 7.81. The molecule has 7 heteroatoms. The molecule has 1 aromatic heterocycles. The third-order valence-corrected chi connectivity index (χ3v) is 6.86. The van der Waals surface area contributed by atoms with Crippen molar-refractivity contribution < 1.29 is 23.1 Å². The second-order valence-electron chi connectivity index (χ2n) is 6.70. The summed E-state index contributed by atoms with van der Waals surface area (Å²) in [5.74, 6) is -1.03. The molecule has 0 aliphatic carbocycles. The Morgan fingerprint density at radius 3 is 2.23 bits per heavy atom. The van der Waals surface area contributed by atoms with Gasteiger partial charge in [-0.1, -0.05) is 24.3 Å². The second-order valence-corrected chi connectivity index (χ2v) is 8.72. The average Bonchev–Trinajstić information content (AvgIpc) is 3.21. The Morgan fingerprint density at radius 1 is 0.933 bits per heavy atom. The van der Waals surface area contributed by atoms with Crippen LogP contribution in [0.2, 0.25) is 0 Å². The predicted molar refractivity (Wildman–Crippen MR) is 116 cm³/mol. The monoisotopic (exact) mass is 444 g/mol. The Bertz CT molecular complexity index is 1240. The summed E-state index contributed by atoms with van der Waals surface area (Å²) in [7, 11) is 0. The number of hydrogen-bond acceptors (Lipinski definition) is 3. The SMILES string of the molecule is CSc1cc(-c2cc(C(=O)O)cc3cc(-c4ccc(C(F)(F)F)cc4)ccc23)cs1. The van der Waals surface area contributed by atoms with Crippen molar-refractivity contribution in [2.24, 2.45) is 0 Å². The van der Waals surface area contributed by atoms with E-state index in [0.717, 1.165) is 43.8 Å². The minimum absolute atomic E-state index is 0.166. The Balaban J connectivity index is 1.85. The lowest BCUT2D eigenvalue weighted by atomic mass is 9.94. The lowest BCUT2D eigenvalue weighted by Crippen LogP contribution is -2.03. The molecule has 4 aromatic rings. The fourth-order valence-electron chi connectivity index (χ4n) is 3.33. The first kappa shape index (κ1) is 20.5. The van der Waals surface area contributed by atoms with E-state index >= 15 is 0 Å². The Hall–Kier alpha value is -2.77. The minimum atomic E-state index is -4.39. The quantitative estimate of drug-likeness (QED) is 0.328. The molecule has 0 amide bonds. The Morgan fingerprint density at radius 2 is 1.63 bits per heavy atom. The molecule has 0 bridgehead atoms. The number of halogens is 3. The number of hydrogen-bond donors (Lipinski definition) is 1. The smallest absolute Gasteiger partial charge is 0.416 e. The van der Waals surface area contributed by atoms with Crippen LogP contribution in [0.5, 0.6) is 0 Å². The first-order chi connectivity index (χ1) is 14.3. The number of alkyl halides is 3. The normalized spacial score (nSPS) is 11.7. The molecule has 0 aliphatic heterocycles. The van der Waals surface area contributed by atoms with E-state index in [9.17, 15) is 23.1 Å². The van der Waals surface area contributed by atoms with Crippen molar-refractivity contribution in [1.29, 1.82) is 0 Å². The van der Waals surface area contributed by atoms with Gasteiger partial charge in [0.1, 0.15) is 0 Å². The number of thioether (sulfide) groups is 1. The molecule has 0 aliphatic rings. The molecule has 0 spiro atoms. The standard InChI is InChI=1S/C23H15F3O2S2/c1-29-21-11-17(12-30-21)20-10-16(22(27)28)9-15-8-14(4-7-19(15)20)13-2-5-18(6-3-13)23(24,25)26/h2-12H,1H3,(H,27,28). The van der Waals surface area contributed by atoms with Gasteiger partial charge in [0.25, 0.3) is 0 Å². The predicted octanol–water partition coefficient (Wildman–Crippen LogP) is 7.67. The van der Waals surface area contributed by atoms with Crippen LogP contribution in [0.1, 0.15) is 15.9 Å². The zero-order valence-corrected chi connectivity index (χ0v) is 17.3. The van der Waals surface area contributed by atoms with Gasteiger partial charge in [-0.2, -0.15) is 13.2 Å². The van der Waals surface area contributed by atoms with E-state index in [-0.39, 0.29) is 5.56 Å². The lowest BCUT2D eigenvalue weighted by Gasteiger charge is -2.11. The van der Waals surface area contributed by atoms with Crippen LogP contribution in [0.25, 0.3) is 33.0 Å². The molecule has 2 nitrogen and oxygen atoms in total. The Labute approximate surface area is 179 Å². The van der Waals surface area contributed by atoms with Gasteiger partial charge < -0.3 is 5.11 Å². The van der Waals surface area contributed by atoms with Crippen molar-refractivity contribution in [1.82, 2.24) is 0 Å². The first-order valence-corrected chi connectivity index (χ1v) is 11.0. The zero-order chi connectivity index (χ0) is 21.5. The zero-order valence-electron chi connectivity index (χ0n) is 15.7. The summed E-state index contributed by atoms with van der Waals surface area (Å²) < 4.78 is 39.6. The highest BCUT2D eigenvalue weighted by Crippen LogP contribution is 2.37. The largest absolute Gasteiger partial charge is 0.478 e. The molecule has 1 heterocycles. The van der Waals surface area contributed by atoms with Gasteiger partial charge >= 0.3 is 12.1 Å². The molecule has 0 unspecified atom stereocenters. The number of carbonyl (C=O) groups is 1. The summed E-state index contributed by atoms with van der Waals surface area (Å²) in [4.78, 5) is 11.7. The van der Waals surface area contributed by atoms with E-state index in [1.165, 1.54) is 12.1 Å². The van der Waals surface area contributed by atoms with Gasteiger partial charge in [-0.3, -0.25) is 0 Å². The van der Waals surface area contributed by atoms with Crippen molar-refractivity contribution in [2.75, 3.05) is 6.26 Å². The fraction of sp³-hybridized carbons (Fsp3) is 0.0870. The highest BCUT2D eigenvalue weighted by Gasteiger charge is 2.30. The molecule has 0 fully saturated rings. The molecule has 0 saturated heterocycles. The van der Waals surface area contributed by atoms with Crippen LogP contribution in [0.4, 0.5) is 13.2 Å². The third-order valence-electron chi connectivity index (χ3n) is 4.83. The first-order valence-electron chi connectivity index (χ1n) is 8.88. The maximum absolute atomic E-state index is 12.8. The highest BCUT2D eigenvalue weighted by atomic mass is 32.2. The maximum atomic E-state index is 12.8. The molecule has 3 aromatic carbocycles. The van der Waals surface area contributed by atoms with E-state index in [1.807, 2.05) is 35.9 Å². The summed E-state index contributed by atoms with van der Waals surface area (Å²) in [6, 6.07) is 15.8. The van der Waals surface area contributed by atoms with Crippen LogP contribution < -0.4 is 0 Å². The lowest BCUT2D eigenvalue weighted by molar-refractivity contribution is -0.137. The summed E-state index contributed by atoms with van der Waals surface area (Å²) in [6.07, 6.45) is -2.40. The molecular formula is C23H15F3O2S2. The molecule has 30 heavy (non-hydrogen) atoms. The number of rotatable bonds is 4. The summed E-state index contributed by atoms with van der Waals surface area (Å²) >= 11 is 3.22. The average molecular weight is 444 g/mol. The molecule has 1 N–H and O–H groups in total. The van der Waals surface area contributed by atoms with Crippen LogP contribution in [-0.4, -0.2) is 17.3 Å². The van der Waals surface area contributed by atoms with E-state index in [1.54, 1.807) is 35.2 Å². The Kier molecular flexibility index (Phi) is 5.34. The molecular weight excluding hydrogens is 429 g/mol. The van der Waals surface area contributed by atoms with Gasteiger partial charge in [-0.05, 0) is 81.1 Å². The van der Waals surface area contributed by atoms with Gasteiger partial charge in [0, 0.05) is 0 Å². The van der Waals surface area contributed by atoms with Crippen molar-refractivity contribution in [2.45, 2.75) is 10.4 Å². The van der Waals surface area contributed by atoms with Gasteiger partial charge in [0.15, 0.2) is 0 Å². The number of carboxylic acids is 1. The van der Waals surface area contributed by atoms with Crippen molar-refractivity contribution in [3.05, 3.63) is 77.2 Å². The van der Waals surface area contributed by atoms with Gasteiger partial charge in [0.05, 0.1) is 15.3 Å². The molecule has 0 atom stereocenters. The van der Waals surface area contributed by atoms with Crippen molar-refractivity contribution >= 4 is 39.8 Å². The van der Waals surface area contributed by atoms with E-state index < -0.39 is 17.7 Å². The van der Waals surface area contributed by atoms with Crippen LogP contribution >= 0.6 is 23.1 Å². The van der Waals surface area contributed by atoms with Crippen molar-refractivity contribution in [3.63, 3.8) is 0 Å². The number of benzene rings is 3. The molecule has 0 radical (unpaired) electrons. The summed E-state index contributed by atoms with van der Waals surface area (Å²) in [5.41, 5.74) is 2.58. The molecule has 0 saturated carbocycles.